The van der Waals surface area contributed by atoms with Crippen molar-refractivity contribution in [3.8, 4) is 23.1 Å². The van der Waals surface area contributed by atoms with Gasteiger partial charge in [0, 0.05) is 30.9 Å². The number of nitrogens with zero attached hydrogens (tertiary/aromatic N) is 3. The molecule has 1 heterocycles. The molecule has 204 valence electrons. The number of hydrogen-bond donors (Lipinski definition) is 1. The van der Waals surface area contributed by atoms with Gasteiger partial charge in [-0.25, -0.2) is 0 Å². The minimum atomic E-state index is -0.409. The van der Waals surface area contributed by atoms with E-state index in [1.54, 1.807) is 42.3 Å². The van der Waals surface area contributed by atoms with Crippen LogP contribution in [0.5, 0.6) is 5.75 Å². The Hall–Kier alpha value is -4.90. The Labute approximate surface area is 234 Å². The number of methoxy groups -OCH3 is 1. The third kappa shape index (κ3) is 6.05. The Bertz CT molecular complexity index is 1590. The monoisotopic (exact) mass is 536 g/mol. The fourth-order valence-corrected chi connectivity index (χ4v) is 4.33. The number of carbonyl (C=O) groups excluding carboxylic acids is 2. The number of amides is 2. The van der Waals surface area contributed by atoms with E-state index in [9.17, 15) is 14.9 Å². The second-order valence-electron chi connectivity index (χ2n) is 10.7. The van der Waals surface area contributed by atoms with E-state index < -0.39 is 5.91 Å². The highest BCUT2D eigenvalue weighted by atomic mass is 16.5. The van der Waals surface area contributed by atoms with E-state index in [-0.39, 0.29) is 28.4 Å². The van der Waals surface area contributed by atoms with Crippen molar-refractivity contribution in [2.45, 2.75) is 39.7 Å². The van der Waals surface area contributed by atoms with Crippen molar-refractivity contribution in [3.05, 3.63) is 100 Å². The largest absolute Gasteiger partial charge is 0.495 e. The van der Waals surface area contributed by atoms with Gasteiger partial charge in [-0.3, -0.25) is 9.59 Å². The lowest BCUT2D eigenvalue weighted by Crippen LogP contribution is -2.25. The maximum atomic E-state index is 13.4. The average molecular weight is 537 g/mol. The van der Waals surface area contributed by atoms with Crippen LogP contribution in [0.15, 0.2) is 71.3 Å². The maximum Gasteiger partial charge on any atom is 0.292 e. The second kappa shape index (κ2) is 11.5. The van der Waals surface area contributed by atoms with Crippen LogP contribution in [-0.2, 0) is 12.0 Å². The highest BCUT2D eigenvalue weighted by molar-refractivity contribution is 6.07. The molecule has 1 aromatic heterocycles. The van der Waals surface area contributed by atoms with E-state index in [4.69, 9.17) is 9.26 Å². The number of aromatic nitrogens is 1. The molecule has 0 spiro atoms. The fourth-order valence-electron chi connectivity index (χ4n) is 4.33. The van der Waals surface area contributed by atoms with E-state index in [0.717, 1.165) is 16.7 Å². The van der Waals surface area contributed by atoms with Gasteiger partial charge in [0.1, 0.15) is 17.5 Å². The van der Waals surface area contributed by atoms with Crippen LogP contribution in [0.2, 0.25) is 0 Å². The van der Waals surface area contributed by atoms with Crippen LogP contribution in [0.1, 0.15) is 63.9 Å². The number of nitrogens with one attached hydrogen (secondary N) is 1. The zero-order valence-electron chi connectivity index (χ0n) is 23.5. The molecular formula is C32H32N4O4. The van der Waals surface area contributed by atoms with Gasteiger partial charge in [0.05, 0.1) is 18.2 Å². The molecule has 4 aromatic rings. The molecule has 0 fully saturated rings. The van der Waals surface area contributed by atoms with E-state index in [2.05, 4.69) is 16.5 Å². The first-order valence-electron chi connectivity index (χ1n) is 12.8. The third-order valence-electron chi connectivity index (χ3n) is 6.63. The summed E-state index contributed by atoms with van der Waals surface area (Å²) in [7, 11) is 3.15. The van der Waals surface area contributed by atoms with Gasteiger partial charge in [0.15, 0.2) is 0 Å². The van der Waals surface area contributed by atoms with Crippen molar-refractivity contribution in [1.29, 1.82) is 5.26 Å². The first-order chi connectivity index (χ1) is 19.0. The van der Waals surface area contributed by atoms with Crippen LogP contribution in [-0.4, -0.2) is 36.0 Å². The first-order valence-corrected chi connectivity index (χ1v) is 12.8. The van der Waals surface area contributed by atoms with Gasteiger partial charge in [-0.05, 0) is 53.3 Å². The first kappa shape index (κ1) is 28.1. The number of carbonyl (C=O) groups is 2. The molecule has 8 nitrogen and oxygen atoms in total. The molecule has 0 radical (unpaired) electrons. The maximum absolute atomic E-state index is 13.4. The average Bonchev–Trinajstić information content (AvgIpc) is 3.42. The number of benzene rings is 3. The lowest BCUT2D eigenvalue weighted by Gasteiger charge is -2.22. The lowest BCUT2D eigenvalue weighted by atomic mass is 9.84. The van der Waals surface area contributed by atoms with Gasteiger partial charge in [0.2, 0.25) is 5.76 Å². The summed E-state index contributed by atoms with van der Waals surface area (Å²) in [5.41, 5.74) is 4.72. The van der Waals surface area contributed by atoms with Crippen LogP contribution in [0.25, 0.3) is 11.3 Å². The van der Waals surface area contributed by atoms with Crippen LogP contribution in [0.4, 0.5) is 5.69 Å². The number of ether oxygens (including phenoxy) is 1. The summed E-state index contributed by atoms with van der Waals surface area (Å²) in [6, 6.07) is 22.3. The molecule has 0 saturated carbocycles. The zero-order valence-corrected chi connectivity index (χ0v) is 23.5. The predicted octanol–water partition coefficient (Wildman–Crippen LogP) is 6.35. The molecule has 1 N–H and O–H groups in total. The molecule has 2 amide bonds. The SMILES string of the molecule is COc1c(C#N)cc(C(C)(C)C)cc1C(=O)Nc1ccc(C)c(-c2cc(C(=O)N(C)Cc3ccccc3)on2)c1. The number of nitriles is 1. The van der Waals surface area contributed by atoms with E-state index in [1.807, 2.05) is 64.1 Å². The summed E-state index contributed by atoms with van der Waals surface area (Å²) in [5, 5.41) is 16.7. The van der Waals surface area contributed by atoms with Crippen molar-refractivity contribution < 1.29 is 18.8 Å². The summed E-state index contributed by atoms with van der Waals surface area (Å²) in [6.07, 6.45) is 0. The van der Waals surface area contributed by atoms with Gasteiger partial charge in [0.25, 0.3) is 11.8 Å². The summed E-state index contributed by atoms with van der Waals surface area (Å²) in [5.74, 6) is -0.355. The summed E-state index contributed by atoms with van der Waals surface area (Å²) >= 11 is 0. The number of rotatable bonds is 7. The van der Waals surface area contributed by atoms with Gasteiger partial charge < -0.3 is 19.5 Å². The molecular weight excluding hydrogens is 504 g/mol. The van der Waals surface area contributed by atoms with E-state index in [0.29, 0.717) is 29.1 Å². The normalized spacial score (nSPS) is 11.0. The van der Waals surface area contributed by atoms with Gasteiger partial charge in [-0.1, -0.05) is 62.3 Å². The molecule has 0 bridgehead atoms. The lowest BCUT2D eigenvalue weighted by molar-refractivity contribution is 0.0743. The quantitative estimate of drug-likeness (QED) is 0.295. The minimum absolute atomic E-state index is 0.120. The number of anilines is 1. The molecule has 0 aliphatic heterocycles. The third-order valence-corrected chi connectivity index (χ3v) is 6.63. The highest BCUT2D eigenvalue weighted by Gasteiger charge is 2.24. The summed E-state index contributed by atoms with van der Waals surface area (Å²) in [4.78, 5) is 27.9. The van der Waals surface area contributed by atoms with Crippen LogP contribution in [0.3, 0.4) is 0 Å². The Balaban J connectivity index is 1.59. The molecule has 40 heavy (non-hydrogen) atoms. The zero-order chi connectivity index (χ0) is 29.0. The molecule has 0 unspecified atom stereocenters. The Morgan fingerprint density at radius 3 is 2.45 bits per heavy atom. The van der Waals surface area contributed by atoms with Crippen LogP contribution >= 0.6 is 0 Å². The summed E-state index contributed by atoms with van der Waals surface area (Å²) in [6.45, 7) is 8.39. The van der Waals surface area contributed by atoms with Gasteiger partial charge in [-0.15, -0.1) is 0 Å². The Kier molecular flexibility index (Phi) is 8.05. The van der Waals surface area contributed by atoms with Crippen molar-refractivity contribution in [3.63, 3.8) is 0 Å². The Morgan fingerprint density at radius 2 is 1.80 bits per heavy atom. The minimum Gasteiger partial charge on any atom is -0.495 e. The number of hydrogen-bond acceptors (Lipinski definition) is 6. The predicted molar refractivity (Wildman–Crippen MR) is 153 cm³/mol. The van der Waals surface area contributed by atoms with Crippen molar-refractivity contribution in [2.75, 3.05) is 19.5 Å². The van der Waals surface area contributed by atoms with Gasteiger partial charge in [-0.2, -0.15) is 5.26 Å². The Morgan fingerprint density at radius 1 is 1.07 bits per heavy atom. The summed E-state index contributed by atoms with van der Waals surface area (Å²) < 4.78 is 10.9. The van der Waals surface area contributed by atoms with Crippen molar-refractivity contribution in [1.82, 2.24) is 10.1 Å². The molecule has 8 heteroatoms. The van der Waals surface area contributed by atoms with Crippen molar-refractivity contribution in [2.24, 2.45) is 0 Å². The van der Waals surface area contributed by atoms with Crippen LogP contribution < -0.4 is 10.1 Å². The van der Waals surface area contributed by atoms with Crippen LogP contribution in [0, 0.1) is 18.3 Å². The van der Waals surface area contributed by atoms with E-state index >= 15 is 0 Å². The number of aryl methyl sites for hydroxylation is 1. The smallest absolute Gasteiger partial charge is 0.292 e. The molecule has 3 aromatic carbocycles. The topological polar surface area (TPSA) is 108 Å². The van der Waals surface area contributed by atoms with E-state index in [1.165, 1.54) is 7.11 Å². The molecule has 0 saturated heterocycles. The highest BCUT2D eigenvalue weighted by Crippen LogP contribution is 2.33. The van der Waals surface area contributed by atoms with Crippen molar-refractivity contribution >= 4 is 17.5 Å². The fraction of sp³-hybridized carbons (Fsp3) is 0.250. The molecule has 4 rings (SSSR count). The van der Waals surface area contributed by atoms with Gasteiger partial charge >= 0.3 is 0 Å². The second-order valence-corrected chi connectivity index (χ2v) is 10.7. The molecule has 0 atom stereocenters. The molecule has 0 aliphatic carbocycles. The standard InChI is InChI=1S/C32H32N4O4/c1-20-12-13-24(34-30(37)26-15-23(32(2,3)4)14-22(18-33)29(26)39-6)16-25(20)27-17-28(40-35-27)31(38)36(5)19-21-10-8-7-9-11-21/h7-17H,19H2,1-6H3,(H,34,37). The molecule has 0 aliphatic rings.